The van der Waals surface area contributed by atoms with Gasteiger partial charge in [0.2, 0.25) is 0 Å². The Morgan fingerprint density at radius 1 is 1.62 bits per heavy atom. The summed E-state index contributed by atoms with van der Waals surface area (Å²) >= 11 is 0. The van der Waals surface area contributed by atoms with Gasteiger partial charge in [-0.05, 0) is 12.8 Å². The van der Waals surface area contributed by atoms with Gasteiger partial charge in [-0.3, -0.25) is 0 Å². The number of hydrogen-bond donors (Lipinski definition) is 0. The van der Waals surface area contributed by atoms with Gasteiger partial charge >= 0.3 is 0 Å². The molecule has 8 heavy (non-hydrogen) atoms. The molecule has 2 nitrogen and oxygen atoms in total. The summed E-state index contributed by atoms with van der Waals surface area (Å²) in [5.74, 6) is 0.192. The van der Waals surface area contributed by atoms with Crippen molar-refractivity contribution in [2.45, 2.75) is 6.92 Å². The van der Waals surface area contributed by atoms with E-state index in [0.717, 1.165) is 0 Å². The zero-order chi connectivity index (χ0) is 6.78. The van der Waals surface area contributed by atoms with E-state index in [1.54, 1.807) is 6.92 Å². The summed E-state index contributed by atoms with van der Waals surface area (Å²) in [7, 11) is -2.79. The monoisotopic (exact) mass is 135 g/mol. The average molecular weight is 135 g/mol. The number of hydrogen-bond acceptors (Lipinski definition) is 2. The third kappa shape index (κ3) is 5.95. The number of sulfone groups is 1. The lowest BCUT2D eigenvalue weighted by Crippen LogP contribution is -2.08. The second-order valence-electron chi connectivity index (χ2n) is 2.20. The molecule has 49 valence electrons. The zero-order valence-electron chi connectivity index (χ0n) is 5.22. The van der Waals surface area contributed by atoms with Crippen molar-refractivity contribution < 1.29 is 8.42 Å². The van der Waals surface area contributed by atoms with Gasteiger partial charge in [-0.15, -0.1) is 0 Å². The highest BCUT2D eigenvalue weighted by molar-refractivity contribution is 7.90. The van der Waals surface area contributed by atoms with Crippen LogP contribution in [0.2, 0.25) is 0 Å². The molecule has 3 heteroatoms. The van der Waals surface area contributed by atoms with Crippen molar-refractivity contribution in [3.8, 4) is 0 Å². The first-order valence-corrected chi connectivity index (χ1v) is 4.48. The minimum atomic E-state index is -2.79. The predicted molar refractivity (Wildman–Crippen MR) is 34.2 cm³/mol. The van der Waals surface area contributed by atoms with Gasteiger partial charge in [0, 0.05) is 6.26 Å². The molecule has 0 rings (SSSR count). The van der Waals surface area contributed by atoms with Crippen molar-refractivity contribution in [1.29, 1.82) is 0 Å². The van der Waals surface area contributed by atoms with E-state index in [2.05, 4.69) is 6.92 Å². The van der Waals surface area contributed by atoms with E-state index < -0.39 is 9.84 Å². The van der Waals surface area contributed by atoms with Crippen LogP contribution < -0.4 is 0 Å². The summed E-state index contributed by atoms with van der Waals surface area (Å²) in [6.07, 6.45) is 1.22. The van der Waals surface area contributed by atoms with Gasteiger partial charge in [-0.2, -0.15) is 0 Å². The van der Waals surface area contributed by atoms with Crippen LogP contribution in [0, 0.1) is 12.8 Å². The Morgan fingerprint density at radius 3 is 2.00 bits per heavy atom. The lowest BCUT2D eigenvalue weighted by atomic mass is 10.3. The highest BCUT2D eigenvalue weighted by atomic mass is 32.2. The van der Waals surface area contributed by atoms with E-state index in [9.17, 15) is 8.42 Å². The lowest BCUT2D eigenvalue weighted by molar-refractivity contribution is 0.594. The van der Waals surface area contributed by atoms with Crippen molar-refractivity contribution in [3.05, 3.63) is 6.92 Å². The quantitative estimate of drug-likeness (QED) is 0.552. The molecular weight excluding hydrogens is 124 g/mol. The van der Waals surface area contributed by atoms with Gasteiger partial charge < -0.3 is 0 Å². The molecule has 0 aliphatic rings. The number of rotatable bonds is 2. The fourth-order valence-corrected chi connectivity index (χ4v) is 1.55. The molecule has 0 saturated heterocycles. The summed E-state index contributed by atoms with van der Waals surface area (Å²) in [6.45, 7) is 5.32. The van der Waals surface area contributed by atoms with E-state index in [1.807, 2.05) is 0 Å². The van der Waals surface area contributed by atoms with Gasteiger partial charge in [0.05, 0.1) is 5.75 Å². The van der Waals surface area contributed by atoms with E-state index in [-0.39, 0.29) is 11.7 Å². The molecule has 1 radical (unpaired) electrons. The lowest BCUT2D eigenvalue weighted by Gasteiger charge is -1.98. The molecule has 0 aromatic rings. The van der Waals surface area contributed by atoms with Crippen molar-refractivity contribution in [3.63, 3.8) is 0 Å². The molecule has 0 heterocycles. The van der Waals surface area contributed by atoms with Crippen molar-refractivity contribution in [1.82, 2.24) is 0 Å². The molecule has 0 N–H and O–H groups in total. The van der Waals surface area contributed by atoms with Crippen LogP contribution in [0.15, 0.2) is 0 Å². The zero-order valence-corrected chi connectivity index (χ0v) is 6.03. The van der Waals surface area contributed by atoms with Crippen LogP contribution in [-0.4, -0.2) is 20.4 Å². The SMILES string of the molecule is [CH2]C(C)CS(C)(=O)=O. The third-order valence-corrected chi connectivity index (χ3v) is 1.76. The maximum atomic E-state index is 10.4. The Bertz CT molecular complexity index is 144. The maximum absolute atomic E-state index is 10.4. The Balaban J connectivity index is 3.75. The second-order valence-corrected chi connectivity index (χ2v) is 4.38. The standard InChI is InChI=1S/C5H11O2S/c1-5(2)4-8(3,6)7/h5H,1,4H2,2-3H3. The van der Waals surface area contributed by atoms with Crippen LogP contribution >= 0.6 is 0 Å². The molecular formula is C5H11O2S. The molecule has 0 aliphatic carbocycles. The first kappa shape index (κ1) is 7.95. The van der Waals surface area contributed by atoms with Gasteiger partial charge in [-0.1, -0.05) is 6.92 Å². The van der Waals surface area contributed by atoms with Crippen molar-refractivity contribution in [2.75, 3.05) is 12.0 Å². The molecule has 1 atom stereocenters. The van der Waals surface area contributed by atoms with Crippen LogP contribution in [0.4, 0.5) is 0 Å². The fourth-order valence-electron chi connectivity index (χ4n) is 0.517. The summed E-state index contributed by atoms with van der Waals surface area (Å²) in [4.78, 5) is 0. The van der Waals surface area contributed by atoms with Gasteiger partial charge in [-0.25, -0.2) is 8.42 Å². The summed E-state index contributed by atoms with van der Waals surface area (Å²) < 4.78 is 20.8. The summed E-state index contributed by atoms with van der Waals surface area (Å²) in [6, 6.07) is 0. The average Bonchev–Trinajstić information content (AvgIpc) is 1.21. The Labute approximate surface area is 50.8 Å². The molecule has 0 bridgehead atoms. The van der Waals surface area contributed by atoms with Crippen LogP contribution in [0.1, 0.15) is 6.92 Å². The fraction of sp³-hybridized carbons (Fsp3) is 0.800. The molecule has 1 unspecified atom stereocenters. The van der Waals surface area contributed by atoms with Gasteiger partial charge in [0.25, 0.3) is 0 Å². The first-order chi connectivity index (χ1) is 3.42. The molecule has 0 aromatic carbocycles. The molecule has 0 fully saturated rings. The topological polar surface area (TPSA) is 34.1 Å². The first-order valence-electron chi connectivity index (χ1n) is 2.42. The van der Waals surface area contributed by atoms with Crippen LogP contribution in [0.3, 0.4) is 0 Å². The molecule has 0 aromatic heterocycles. The van der Waals surface area contributed by atoms with Crippen molar-refractivity contribution in [2.24, 2.45) is 5.92 Å². The molecule has 0 saturated carbocycles. The Kier molecular flexibility index (Phi) is 2.47. The van der Waals surface area contributed by atoms with E-state index >= 15 is 0 Å². The van der Waals surface area contributed by atoms with Crippen LogP contribution in [0.5, 0.6) is 0 Å². The smallest absolute Gasteiger partial charge is 0.147 e. The summed E-state index contributed by atoms with van der Waals surface area (Å²) in [5, 5.41) is 0. The van der Waals surface area contributed by atoms with Crippen LogP contribution in [0.25, 0.3) is 0 Å². The predicted octanol–water partition coefficient (Wildman–Crippen LogP) is 0.501. The normalized spacial score (nSPS) is 12.5. The van der Waals surface area contributed by atoms with Crippen LogP contribution in [-0.2, 0) is 9.84 Å². The maximum Gasteiger partial charge on any atom is 0.147 e. The van der Waals surface area contributed by atoms with E-state index in [0.29, 0.717) is 0 Å². The van der Waals surface area contributed by atoms with Crippen molar-refractivity contribution >= 4 is 9.84 Å². The highest BCUT2D eigenvalue weighted by Gasteiger charge is 2.03. The van der Waals surface area contributed by atoms with Gasteiger partial charge in [0.15, 0.2) is 0 Å². The Morgan fingerprint density at radius 2 is 2.00 bits per heavy atom. The molecule has 0 aliphatic heterocycles. The van der Waals surface area contributed by atoms with E-state index in [1.165, 1.54) is 6.26 Å². The second kappa shape index (κ2) is 2.49. The molecule has 0 spiro atoms. The Hall–Kier alpha value is -0.0500. The van der Waals surface area contributed by atoms with Gasteiger partial charge in [0.1, 0.15) is 9.84 Å². The largest absolute Gasteiger partial charge is 0.229 e. The third-order valence-electron chi connectivity index (χ3n) is 0.587. The highest BCUT2D eigenvalue weighted by Crippen LogP contribution is 1.94. The summed E-state index contributed by atoms with van der Waals surface area (Å²) in [5.41, 5.74) is 0. The minimum Gasteiger partial charge on any atom is -0.229 e. The molecule has 0 amide bonds. The van der Waals surface area contributed by atoms with E-state index in [4.69, 9.17) is 0 Å². The minimum absolute atomic E-state index is 0.00463.